The Hall–Kier alpha value is -2.48. The molecule has 0 spiro atoms. The van der Waals surface area contributed by atoms with Gasteiger partial charge in [-0.25, -0.2) is 18.4 Å². The van der Waals surface area contributed by atoms with Crippen LogP contribution in [0, 0.1) is 6.92 Å². The Kier molecular flexibility index (Phi) is 4.59. The standard InChI is InChI=1S/C19H22N4O3S/c1-13-10-17(22-19(20-13)21-16-7-9-27(25,26)12-16)18(24)23-8-6-14-4-2-3-5-15(14)11-23/h2-5,10,16H,6-9,11-12H2,1H3,(H,20,21,22). The van der Waals surface area contributed by atoms with E-state index in [1.165, 1.54) is 5.56 Å². The third-order valence-corrected chi connectivity index (χ3v) is 6.82. The zero-order chi connectivity index (χ0) is 19.0. The minimum atomic E-state index is -2.99. The van der Waals surface area contributed by atoms with Gasteiger partial charge in [-0.1, -0.05) is 24.3 Å². The summed E-state index contributed by atoms with van der Waals surface area (Å²) in [6, 6.07) is 9.63. The van der Waals surface area contributed by atoms with E-state index in [2.05, 4.69) is 21.4 Å². The molecule has 4 rings (SSSR count). The van der Waals surface area contributed by atoms with Gasteiger partial charge in [0.2, 0.25) is 5.95 Å². The molecular weight excluding hydrogens is 364 g/mol. The Morgan fingerprint density at radius 3 is 2.74 bits per heavy atom. The number of nitrogens with zero attached hydrogens (tertiary/aromatic N) is 3. The van der Waals surface area contributed by atoms with Crippen LogP contribution in [-0.2, 0) is 22.8 Å². The molecule has 0 aliphatic carbocycles. The third-order valence-electron chi connectivity index (χ3n) is 5.06. The number of anilines is 1. The minimum absolute atomic E-state index is 0.0799. The number of aryl methyl sites for hydroxylation is 1. The number of hydrogen-bond donors (Lipinski definition) is 1. The lowest BCUT2D eigenvalue weighted by atomic mass is 10.00. The molecule has 1 amide bonds. The Morgan fingerprint density at radius 1 is 1.22 bits per heavy atom. The molecule has 3 heterocycles. The van der Waals surface area contributed by atoms with Gasteiger partial charge in [0, 0.05) is 24.8 Å². The highest BCUT2D eigenvalue weighted by Gasteiger charge is 2.29. The van der Waals surface area contributed by atoms with Crippen molar-refractivity contribution in [2.75, 3.05) is 23.4 Å². The number of nitrogens with one attached hydrogen (secondary N) is 1. The van der Waals surface area contributed by atoms with E-state index in [1.54, 1.807) is 17.9 Å². The molecule has 0 saturated carbocycles. The summed E-state index contributed by atoms with van der Waals surface area (Å²) in [4.78, 5) is 23.5. The van der Waals surface area contributed by atoms with Crippen LogP contribution in [0.3, 0.4) is 0 Å². The molecule has 1 saturated heterocycles. The number of carbonyl (C=O) groups is 1. The van der Waals surface area contributed by atoms with Crippen LogP contribution in [0.2, 0.25) is 0 Å². The Bertz CT molecular complexity index is 990. The second kappa shape index (κ2) is 6.92. The number of sulfone groups is 1. The number of amides is 1. The van der Waals surface area contributed by atoms with Crippen molar-refractivity contribution in [3.8, 4) is 0 Å². The molecule has 1 atom stereocenters. The highest BCUT2D eigenvalue weighted by atomic mass is 32.2. The Labute approximate surface area is 158 Å². The second-order valence-electron chi connectivity index (χ2n) is 7.21. The van der Waals surface area contributed by atoms with Crippen molar-refractivity contribution in [3.05, 3.63) is 52.8 Å². The number of aromatic nitrogens is 2. The van der Waals surface area contributed by atoms with Gasteiger partial charge in [-0.3, -0.25) is 4.79 Å². The van der Waals surface area contributed by atoms with Crippen LogP contribution in [-0.4, -0.2) is 53.3 Å². The molecule has 2 aliphatic rings. The van der Waals surface area contributed by atoms with Crippen LogP contribution >= 0.6 is 0 Å². The number of benzene rings is 1. The molecule has 1 fully saturated rings. The molecule has 1 aromatic carbocycles. The molecule has 2 aliphatic heterocycles. The zero-order valence-corrected chi connectivity index (χ0v) is 16.0. The van der Waals surface area contributed by atoms with E-state index in [0.29, 0.717) is 36.8 Å². The topological polar surface area (TPSA) is 92.3 Å². The Balaban J connectivity index is 1.52. The van der Waals surface area contributed by atoms with E-state index in [1.807, 2.05) is 18.2 Å². The van der Waals surface area contributed by atoms with Crippen molar-refractivity contribution >= 4 is 21.7 Å². The fourth-order valence-electron chi connectivity index (χ4n) is 3.67. The van der Waals surface area contributed by atoms with Gasteiger partial charge >= 0.3 is 0 Å². The zero-order valence-electron chi connectivity index (χ0n) is 15.2. The predicted octanol–water partition coefficient (Wildman–Crippen LogP) is 1.58. The lowest BCUT2D eigenvalue weighted by molar-refractivity contribution is 0.0728. The molecular formula is C19H22N4O3S. The molecule has 1 N–H and O–H groups in total. The molecule has 142 valence electrons. The van der Waals surface area contributed by atoms with E-state index in [9.17, 15) is 13.2 Å². The first-order chi connectivity index (χ1) is 12.9. The normalized spacial score (nSPS) is 20.9. The quantitative estimate of drug-likeness (QED) is 0.861. The predicted molar refractivity (Wildman–Crippen MR) is 102 cm³/mol. The molecule has 7 nitrogen and oxygen atoms in total. The average molecular weight is 386 g/mol. The maximum absolute atomic E-state index is 13.0. The lowest BCUT2D eigenvalue weighted by Crippen LogP contribution is -2.36. The number of fused-ring (bicyclic) bond motifs is 1. The first-order valence-electron chi connectivity index (χ1n) is 9.08. The fourth-order valence-corrected chi connectivity index (χ4v) is 5.34. The van der Waals surface area contributed by atoms with Crippen molar-refractivity contribution in [2.45, 2.75) is 32.4 Å². The summed E-state index contributed by atoms with van der Waals surface area (Å²) in [6.07, 6.45) is 1.36. The summed E-state index contributed by atoms with van der Waals surface area (Å²) in [5.74, 6) is 0.446. The molecule has 1 unspecified atom stereocenters. The van der Waals surface area contributed by atoms with Crippen LogP contribution < -0.4 is 5.32 Å². The smallest absolute Gasteiger partial charge is 0.272 e. The van der Waals surface area contributed by atoms with E-state index < -0.39 is 9.84 Å². The molecule has 8 heteroatoms. The second-order valence-corrected chi connectivity index (χ2v) is 9.44. The van der Waals surface area contributed by atoms with Gasteiger partial charge in [-0.2, -0.15) is 0 Å². The summed E-state index contributed by atoms with van der Waals surface area (Å²) in [5.41, 5.74) is 3.46. The largest absolute Gasteiger partial charge is 0.350 e. The minimum Gasteiger partial charge on any atom is -0.350 e. The van der Waals surface area contributed by atoms with Crippen LogP contribution in [0.4, 0.5) is 5.95 Å². The van der Waals surface area contributed by atoms with Gasteiger partial charge in [0.25, 0.3) is 5.91 Å². The highest BCUT2D eigenvalue weighted by molar-refractivity contribution is 7.91. The van der Waals surface area contributed by atoms with E-state index in [0.717, 1.165) is 12.0 Å². The SMILES string of the molecule is Cc1cc(C(=O)N2CCc3ccccc3C2)nc(NC2CCS(=O)(=O)C2)n1. The average Bonchev–Trinajstić information content (AvgIpc) is 2.98. The molecule has 2 aromatic rings. The molecule has 0 bridgehead atoms. The molecule has 1 aromatic heterocycles. The van der Waals surface area contributed by atoms with Crippen molar-refractivity contribution in [2.24, 2.45) is 0 Å². The first-order valence-corrected chi connectivity index (χ1v) is 10.9. The van der Waals surface area contributed by atoms with Gasteiger partial charge in [-0.15, -0.1) is 0 Å². The van der Waals surface area contributed by atoms with Crippen LogP contribution in [0.5, 0.6) is 0 Å². The molecule has 27 heavy (non-hydrogen) atoms. The number of carbonyl (C=O) groups excluding carboxylic acids is 1. The van der Waals surface area contributed by atoms with Crippen LogP contribution in [0.1, 0.15) is 33.7 Å². The summed E-state index contributed by atoms with van der Waals surface area (Å²) < 4.78 is 23.3. The van der Waals surface area contributed by atoms with Crippen molar-refractivity contribution in [3.63, 3.8) is 0 Å². The molecule has 0 radical (unpaired) electrons. The van der Waals surface area contributed by atoms with Crippen molar-refractivity contribution in [1.29, 1.82) is 0 Å². The number of hydrogen-bond acceptors (Lipinski definition) is 6. The van der Waals surface area contributed by atoms with E-state index >= 15 is 0 Å². The van der Waals surface area contributed by atoms with Crippen LogP contribution in [0.15, 0.2) is 30.3 Å². The highest BCUT2D eigenvalue weighted by Crippen LogP contribution is 2.21. The van der Waals surface area contributed by atoms with Gasteiger partial charge < -0.3 is 10.2 Å². The first kappa shape index (κ1) is 17.9. The maximum Gasteiger partial charge on any atom is 0.272 e. The van der Waals surface area contributed by atoms with Crippen molar-refractivity contribution < 1.29 is 13.2 Å². The Morgan fingerprint density at radius 2 is 2.00 bits per heavy atom. The summed E-state index contributed by atoms with van der Waals surface area (Å²) in [7, 11) is -2.99. The fraction of sp³-hybridized carbons (Fsp3) is 0.421. The van der Waals surface area contributed by atoms with Crippen LogP contribution in [0.25, 0.3) is 0 Å². The number of rotatable bonds is 3. The lowest BCUT2D eigenvalue weighted by Gasteiger charge is -2.28. The van der Waals surface area contributed by atoms with Gasteiger partial charge in [-0.05, 0) is 37.0 Å². The van der Waals surface area contributed by atoms with Crippen molar-refractivity contribution in [1.82, 2.24) is 14.9 Å². The van der Waals surface area contributed by atoms with E-state index in [4.69, 9.17) is 0 Å². The van der Waals surface area contributed by atoms with Gasteiger partial charge in [0.05, 0.1) is 11.5 Å². The third kappa shape index (κ3) is 3.95. The van der Waals surface area contributed by atoms with Gasteiger partial charge in [0.15, 0.2) is 9.84 Å². The summed E-state index contributed by atoms with van der Waals surface area (Å²) in [5, 5.41) is 3.08. The summed E-state index contributed by atoms with van der Waals surface area (Å²) in [6.45, 7) is 3.03. The summed E-state index contributed by atoms with van der Waals surface area (Å²) >= 11 is 0. The van der Waals surface area contributed by atoms with Gasteiger partial charge in [0.1, 0.15) is 5.69 Å². The van der Waals surface area contributed by atoms with E-state index in [-0.39, 0.29) is 23.5 Å². The monoisotopic (exact) mass is 386 g/mol. The maximum atomic E-state index is 13.0.